The molecule has 3 aliphatic carbocycles. The van der Waals surface area contributed by atoms with Crippen LogP contribution in [0.5, 0.6) is 0 Å². The van der Waals surface area contributed by atoms with Crippen molar-refractivity contribution in [1.82, 2.24) is 0 Å². The lowest BCUT2D eigenvalue weighted by Gasteiger charge is -2.60. The molecule has 2 bridgehead atoms. The van der Waals surface area contributed by atoms with Crippen molar-refractivity contribution in [2.45, 2.75) is 59.8 Å². The molecule has 0 nitrogen and oxygen atoms in total. The standard InChI is InChI=1S/C14H26/c1-10(2)5-6-11-7-8-12-9-13(11)14(12,3)4/h10-13H,5-9H2,1-4H3/t11-,12+,13+/m0/s1. The molecule has 0 heterocycles. The van der Waals surface area contributed by atoms with Crippen molar-refractivity contribution in [2.24, 2.45) is 29.1 Å². The predicted octanol–water partition coefficient (Wildman–Crippen LogP) is 4.49. The predicted molar refractivity (Wildman–Crippen MR) is 62.2 cm³/mol. The highest BCUT2D eigenvalue weighted by Crippen LogP contribution is 2.62. The topological polar surface area (TPSA) is 0 Å². The number of hydrogen-bond donors (Lipinski definition) is 0. The van der Waals surface area contributed by atoms with Crippen LogP contribution in [0.4, 0.5) is 0 Å². The first kappa shape index (κ1) is 10.5. The molecule has 82 valence electrons. The zero-order valence-electron chi connectivity index (χ0n) is 10.3. The Bertz CT molecular complexity index is 200. The number of hydrogen-bond acceptors (Lipinski definition) is 0. The highest BCUT2D eigenvalue weighted by atomic mass is 14.6. The molecule has 0 N–H and O–H groups in total. The van der Waals surface area contributed by atoms with E-state index < -0.39 is 0 Å². The lowest BCUT2D eigenvalue weighted by atomic mass is 9.45. The second-order valence-corrected chi connectivity index (χ2v) is 6.67. The Labute approximate surface area is 89.5 Å². The molecular formula is C14H26. The third-order valence-electron chi connectivity index (χ3n) is 5.12. The van der Waals surface area contributed by atoms with Gasteiger partial charge >= 0.3 is 0 Å². The van der Waals surface area contributed by atoms with Gasteiger partial charge in [-0.25, -0.2) is 0 Å². The summed E-state index contributed by atoms with van der Waals surface area (Å²) in [5.41, 5.74) is 0.694. The van der Waals surface area contributed by atoms with Gasteiger partial charge in [0.05, 0.1) is 0 Å². The van der Waals surface area contributed by atoms with Crippen LogP contribution in [0.25, 0.3) is 0 Å². The first-order chi connectivity index (χ1) is 6.51. The second kappa shape index (κ2) is 3.54. The van der Waals surface area contributed by atoms with Crippen LogP contribution >= 0.6 is 0 Å². The summed E-state index contributed by atoms with van der Waals surface area (Å²) >= 11 is 0. The van der Waals surface area contributed by atoms with Crippen LogP contribution < -0.4 is 0 Å². The van der Waals surface area contributed by atoms with Crippen molar-refractivity contribution < 1.29 is 0 Å². The quantitative estimate of drug-likeness (QED) is 0.621. The summed E-state index contributed by atoms with van der Waals surface area (Å²) in [5.74, 6) is 4.11. The van der Waals surface area contributed by atoms with Gasteiger partial charge in [0, 0.05) is 0 Å². The van der Waals surface area contributed by atoms with Gasteiger partial charge in [0.25, 0.3) is 0 Å². The summed E-state index contributed by atoms with van der Waals surface area (Å²) in [5, 5.41) is 0. The average molecular weight is 194 g/mol. The molecule has 0 aromatic heterocycles. The Kier molecular flexibility index (Phi) is 2.66. The fourth-order valence-corrected chi connectivity index (χ4v) is 3.86. The van der Waals surface area contributed by atoms with Gasteiger partial charge in [-0.05, 0) is 54.8 Å². The van der Waals surface area contributed by atoms with E-state index in [0.29, 0.717) is 5.41 Å². The molecule has 0 aromatic carbocycles. The fraction of sp³-hybridized carbons (Fsp3) is 1.00. The summed E-state index contributed by atoms with van der Waals surface area (Å²) in [6.45, 7) is 9.73. The van der Waals surface area contributed by atoms with Crippen molar-refractivity contribution in [3.05, 3.63) is 0 Å². The van der Waals surface area contributed by atoms with Gasteiger partial charge in [0.2, 0.25) is 0 Å². The zero-order chi connectivity index (χ0) is 10.3. The van der Waals surface area contributed by atoms with Crippen molar-refractivity contribution >= 4 is 0 Å². The molecule has 3 aliphatic rings. The van der Waals surface area contributed by atoms with Gasteiger partial charge in [-0.2, -0.15) is 0 Å². The van der Waals surface area contributed by atoms with Gasteiger partial charge in [0.1, 0.15) is 0 Å². The molecular weight excluding hydrogens is 168 g/mol. The maximum atomic E-state index is 2.51. The third kappa shape index (κ3) is 1.61. The SMILES string of the molecule is CC(C)CC[C@H]1CC[C@@H]2C[C@H]1C2(C)C. The minimum atomic E-state index is 0.694. The Balaban J connectivity index is 1.88. The van der Waals surface area contributed by atoms with E-state index in [-0.39, 0.29) is 0 Å². The lowest BCUT2D eigenvalue weighted by Crippen LogP contribution is -2.52. The Morgan fingerprint density at radius 1 is 1.21 bits per heavy atom. The van der Waals surface area contributed by atoms with E-state index in [0.717, 1.165) is 23.7 Å². The molecule has 0 aliphatic heterocycles. The van der Waals surface area contributed by atoms with Crippen molar-refractivity contribution in [2.75, 3.05) is 0 Å². The van der Waals surface area contributed by atoms with Gasteiger partial charge in [0.15, 0.2) is 0 Å². The number of fused-ring (bicyclic) bond motifs is 2. The molecule has 3 saturated carbocycles. The van der Waals surface area contributed by atoms with Crippen LogP contribution in [0.2, 0.25) is 0 Å². The van der Waals surface area contributed by atoms with Gasteiger partial charge in [-0.1, -0.05) is 34.1 Å². The third-order valence-corrected chi connectivity index (χ3v) is 5.12. The molecule has 3 rings (SSSR count). The van der Waals surface area contributed by atoms with Crippen LogP contribution in [0.15, 0.2) is 0 Å². The maximum Gasteiger partial charge on any atom is -0.0295 e. The van der Waals surface area contributed by atoms with Crippen molar-refractivity contribution in [3.63, 3.8) is 0 Å². The zero-order valence-corrected chi connectivity index (χ0v) is 10.3. The Hall–Kier alpha value is 0. The second-order valence-electron chi connectivity index (χ2n) is 6.67. The average Bonchev–Trinajstić information content (AvgIpc) is 2.14. The minimum absolute atomic E-state index is 0.694. The highest BCUT2D eigenvalue weighted by molar-refractivity contribution is 5.03. The molecule has 0 radical (unpaired) electrons. The van der Waals surface area contributed by atoms with E-state index in [1.54, 1.807) is 6.42 Å². The fourth-order valence-electron chi connectivity index (χ4n) is 3.86. The van der Waals surface area contributed by atoms with Gasteiger partial charge < -0.3 is 0 Å². The largest absolute Gasteiger partial charge is 0.0628 e. The van der Waals surface area contributed by atoms with E-state index >= 15 is 0 Å². The summed E-state index contributed by atoms with van der Waals surface area (Å²) in [6, 6.07) is 0. The first-order valence-electron chi connectivity index (χ1n) is 6.51. The molecule has 3 fully saturated rings. The molecule has 0 spiro atoms. The molecule has 0 amide bonds. The Morgan fingerprint density at radius 2 is 1.93 bits per heavy atom. The van der Waals surface area contributed by atoms with E-state index in [4.69, 9.17) is 0 Å². The molecule has 0 unspecified atom stereocenters. The smallest absolute Gasteiger partial charge is 0.0295 e. The number of rotatable bonds is 3. The maximum absolute atomic E-state index is 2.51. The summed E-state index contributed by atoms with van der Waals surface area (Å²) in [6.07, 6.45) is 7.55. The normalized spacial score (nSPS) is 39.6. The van der Waals surface area contributed by atoms with E-state index in [1.807, 2.05) is 0 Å². The van der Waals surface area contributed by atoms with Crippen LogP contribution in [-0.4, -0.2) is 0 Å². The minimum Gasteiger partial charge on any atom is -0.0628 e. The van der Waals surface area contributed by atoms with E-state index in [9.17, 15) is 0 Å². The summed E-state index contributed by atoms with van der Waals surface area (Å²) in [4.78, 5) is 0. The van der Waals surface area contributed by atoms with E-state index in [2.05, 4.69) is 27.7 Å². The monoisotopic (exact) mass is 194 g/mol. The van der Waals surface area contributed by atoms with Crippen LogP contribution in [-0.2, 0) is 0 Å². The lowest BCUT2D eigenvalue weighted by molar-refractivity contribution is -0.107. The molecule has 14 heavy (non-hydrogen) atoms. The van der Waals surface area contributed by atoms with Crippen LogP contribution in [0, 0.1) is 29.1 Å². The van der Waals surface area contributed by atoms with Gasteiger partial charge in [-0.3, -0.25) is 0 Å². The first-order valence-corrected chi connectivity index (χ1v) is 6.51. The highest BCUT2D eigenvalue weighted by Gasteiger charge is 2.53. The van der Waals surface area contributed by atoms with Crippen LogP contribution in [0.3, 0.4) is 0 Å². The van der Waals surface area contributed by atoms with E-state index in [1.165, 1.54) is 25.7 Å². The van der Waals surface area contributed by atoms with Crippen molar-refractivity contribution in [3.8, 4) is 0 Å². The van der Waals surface area contributed by atoms with Crippen molar-refractivity contribution in [1.29, 1.82) is 0 Å². The molecule has 0 saturated heterocycles. The van der Waals surface area contributed by atoms with Crippen LogP contribution in [0.1, 0.15) is 59.8 Å². The summed E-state index contributed by atoms with van der Waals surface area (Å²) in [7, 11) is 0. The van der Waals surface area contributed by atoms with Gasteiger partial charge in [-0.15, -0.1) is 0 Å². The molecule has 0 heteroatoms. The Morgan fingerprint density at radius 3 is 2.43 bits per heavy atom. The summed E-state index contributed by atoms with van der Waals surface area (Å²) < 4.78 is 0. The molecule has 0 aromatic rings. The molecule has 3 atom stereocenters.